The summed E-state index contributed by atoms with van der Waals surface area (Å²) in [4.78, 5) is 12.8. The Kier molecular flexibility index (Phi) is 5.71. The van der Waals surface area contributed by atoms with E-state index in [1.54, 1.807) is 0 Å². The Labute approximate surface area is 171 Å². The van der Waals surface area contributed by atoms with E-state index < -0.39 is 0 Å². The second-order valence-electron chi connectivity index (χ2n) is 8.04. The number of nitrogens with one attached hydrogen (secondary N) is 2. The number of carbonyl (C=O) groups is 1. The van der Waals surface area contributed by atoms with Crippen LogP contribution in [0.15, 0.2) is 54.7 Å². The van der Waals surface area contributed by atoms with Crippen molar-refractivity contribution in [2.75, 3.05) is 18.4 Å². The van der Waals surface area contributed by atoms with Crippen LogP contribution in [0.1, 0.15) is 29.3 Å². The largest absolute Gasteiger partial charge is 0.322 e. The zero-order valence-corrected chi connectivity index (χ0v) is 16.9. The molecule has 3 aromatic rings. The molecule has 2 atom stereocenters. The van der Waals surface area contributed by atoms with Gasteiger partial charge in [-0.15, -0.1) is 5.10 Å². The molecular formula is C23H27N5O. The van der Waals surface area contributed by atoms with Crippen LogP contribution in [0, 0.1) is 18.8 Å². The van der Waals surface area contributed by atoms with E-state index in [1.807, 2.05) is 66.3 Å². The van der Waals surface area contributed by atoms with Crippen LogP contribution >= 0.6 is 0 Å². The third-order valence-corrected chi connectivity index (χ3v) is 5.46. The fourth-order valence-electron chi connectivity index (χ4n) is 3.94. The molecule has 0 radical (unpaired) electrons. The zero-order chi connectivity index (χ0) is 20.2. The molecule has 1 aromatic heterocycles. The molecule has 2 N–H and O–H groups in total. The SMILES string of the molecule is Cc1ccc(-c2cn(CC3CNCC(C)C3)nn2)cc1C(=O)Nc1ccccc1. The van der Waals surface area contributed by atoms with Crippen molar-refractivity contribution < 1.29 is 4.79 Å². The number of carbonyl (C=O) groups excluding carboxylic acids is 1. The maximum absolute atomic E-state index is 12.8. The summed E-state index contributed by atoms with van der Waals surface area (Å²) in [6, 6.07) is 15.3. The number of piperidine rings is 1. The highest BCUT2D eigenvalue weighted by atomic mass is 16.1. The topological polar surface area (TPSA) is 71.8 Å². The van der Waals surface area contributed by atoms with Crippen LogP contribution in [-0.2, 0) is 6.54 Å². The number of aromatic nitrogens is 3. The van der Waals surface area contributed by atoms with E-state index in [1.165, 1.54) is 6.42 Å². The van der Waals surface area contributed by atoms with Gasteiger partial charge in [0.1, 0.15) is 5.69 Å². The summed E-state index contributed by atoms with van der Waals surface area (Å²) in [6.45, 7) is 7.19. The summed E-state index contributed by atoms with van der Waals surface area (Å²) < 4.78 is 1.92. The average Bonchev–Trinajstić information content (AvgIpc) is 3.17. The summed E-state index contributed by atoms with van der Waals surface area (Å²) in [5.74, 6) is 1.14. The quantitative estimate of drug-likeness (QED) is 0.697. The second kappa shape index (κ2) is 8.57. The molecule has 29 heavy (non-hydrogen) atoms. The van der Waals surface area contributed by atoms with Crippen LogP contribution < -0.4 is 10.6 Å². The Morgan fingerprint density at radius 1 is 1.21 bits per heavy atom. The highest BCUT2D eigenvalue weighted by molar-refractivity contribution is 6.05. The summed E-state index contributed by atoms with van der Waals surface area (Å²) >= 11 is 0. The first-order chi connectivity index (χ1) is 14.1. The fraction of sp³-hybridized carbons (Fsp3) is 0.348. The smallest absolute Gasteiger partial charge is 0.255 e. The van der Waals surface area contributed by atoms with Gasteiger partial charge in [0.2, 0.25) is 0 Å². The van der Waals surface area contributed by atoms with E-state index in [2.05, 4.69) is 27.9 Å². The minimum Gasteiger partial charge on any atom is -0.322 e. The van der Waals surface area contributed by atoms with Crippen molar-refractivity contribution in [2.24, 2.45) is 11.8 Å². The molecule has 150 valence electrons. The molecule has 1 amide bonds. The van der Waals surface area contributed by atoms with Crippen LogP contribution in [-0.4, -0.2) is 34.0 Å². The van der Waals surface area contributed by atoms with E-state index in [4.69, 9.17) is 0 Å². The summed E-state index contributed by atoms with van der Waals surface area (Å²) in [6.07, 6.45) is 3.18. The maximum Gasteiger partial charge on any atom is 0.255 e. The van der Waals surface area contributed by atoms with E-state index in [9.17, 15) is 4.79 Å². The Bertz CT molecular complexity index is 982. The third-order valence-electron chi connectivity index (χ3n) is 5.46. The summed E-state index contributed by atoms with van der Waals surface area (Å²) in [5.41, 5.74) is 4.04. The molecule has 1 aliphatic heterocycles. The molecule has 0 spiro atoms. The fourth-order valence-corrected chi connectivity index (χ4v) is 3.94. The molecule has 4 rings (SSSR count). The predicted octanol–water partition coefficient (Wildman–Crippen LogP) is 3.75. The molecule has 2 heterocycles. The highest BCUT2D eigenvalue weighted by Gasteiger charge is 2.20. The Hall–Kier alpha value is -2.99. The molecular weight excluding hydrogens is 362 g/mol. The molecule has 1 fully saturated rings. The van der Waals surface area contributed by atoms with Crippen LogP contribution in [0.5, 0.6) is 0 Å². The zero-order valence-electron chi connectivity index (χ0n) is 16.9. The first-order valence-electron chi connectivity index (χ1n) is 10.2. The Morgan fingerprint density at radius 3 is 2.83 bits per heavy atom. The van der Waals surface area contributed by atoms with Crippen LogP contribution in [0.2, 0.25) is 0 Å². The van der Waals surface area contributed by atoms with Gasteiger partial charge in [-0.05, 0) is 62.0 Å². The number of benzene rings is 2. The van der Waals surface area contributed by atoms with Crippen molar-refractivity contribution in [2.45, 2.75) is 26.8 Å². The number of hydrogen-bond acceptors (Lipinski definition) is 4. The maximum atomic E-state index is 12.8. The molecule has 0 saturated carbocycles. The molecule has 0 bridgehead atoms. The number of aryl methyl sites for hydroxylation is 1. The number of nitrogens with zero attached hydrogens (tertiary/aromatic N) is 3. The van der Waals surface area contributed by atoms with Gasteiger partial charge in [-0.1, -0.05) is 42.5 Å². The molecule has 0 aliphatic carbocycles. The van der Waals surface area contributed by atoms with Crippen LogP contribution in [0.3, 0.4) is 0 Å². The van der Waals surface area contributed by atoms with Crippen LogP contribution in [0.25, 0.3) is 11.3 Å². The summed E-state index contributed by atoms with van der Waals surface area (Å²) in [7, 11) is 0. The van der Waals surface area contributed by atoms with E-state index in [0.717, 1.165) is 42.1 Å². The molecule has 6 nitrogen and oxygen atoms in total. The highest BCUT2D eigenvalue weighted by Crippen LogP contribution is 2.23. The van der Waals surface area contributed by atoms with Crippen LogP contribution in [0.4, 0.5) is 5.69 Å². The number of hydrogen-bond donors (Lipinski definition) is 2. The van der Waals surface area contributed by atoms with Gasteiger partial charge in [0.05, 0.1) is 6.20 Å². The van der Waals surface area contributed by atoms with Crippen molar-refractivity contribution in [1.29, 1.82) is 0 Å². The van der Waals surface area contributed by atoms with Gasteiger partial charge >= 0.3 is 0 Å². The number of para-hydroxylation sites is 1. The standard InChI is InChI=1S/C23H27N5O/c1-16-10-18(13-24-12-16)14-28-15-22(26-27-28)19-9-8-17(2)21(11-19)23(29)25-20-6-4-3-5-7-20/h3-9,11,15-16,18,24H,10,12-14H2,1-2H3,(H,25,29). The lowest BCUT2D eigenvalue weighted by Crippen LogP contribution is -2.37. The van der Waals surface area contributed by atoms with Crippen molar-refractivity contribution >= 4 is 11.6 Å². The third kappa shape index (κ3) is 4.71. The van der Waals surface area contributed by atoms with Gasteiger partial charge < -0.3 is 10.6 Å². The Morgan fingerprint density at radius 2 is 2.03 bits per heavy atom. The van der Waals surface area contributed by atoms with Crippen molar-refractivity contribution in [3.8, 4) is 11.3 Å². The van der Waals surface area contributed by atoms with E-state index in [-0.39, 0.29) is 5.91 Å². The molecule has 2 aromatic carbocycles. The van der Waals surface area contributed by atoms with Gasteiger partial charge in [0, 0.05) is 23.4 Å². The second-order valence-corrected chi connectivity index (χ2v) is 8.04. The minimum absolute atomic E-state index is 0.120. The first-order valence-corrected chi connectivity index (χ1v) is 10.2. The minimum atomic E-state index is -0.120. The molecule has 1 saturated heterocycles. The van der Waals surface area contributed by atoms with E-state index >= 15 is 0 Å². The molecule has 6 heteroatoms. The van der Waals surface area contributed by atoms with E-state index in [0.29, 0.717) is 17.4 Å². The number of rotatable bonds is 5. The normalized spacial score (nSPS) is 19.1. The molecule has 2 unspecified atom stereocenters. The first kappa shape index (κ1) is 19.3. The van der Waals surface area contributed by atoms with Crippen molar-refractivity contribution in [3.05, 3.63) is 65.9 Å². The predicted molar refractivity (Wildman–Crippen MR) is 115 cm³/mol. The lowest BCUT2D eigenvalue weighted by Gasteiger charge is -2.27. The van der Waals surface area contributed by atoms with Gasteiger partial charge in [0.25, 0.3) is 5.91 Å². The lowest BCUT2D eigenvalue weighted by molar-refractivity contribution is 0.102. The summed E-state index contributed by atoms with van der Waals surface area (Å²) in [5, 5.41) is 15.1. The number of amides is 1. The Balaban J connectivity index is 1.50. The van der Waals surface area contributed by atoms with Crippen molar-refractivity contribution in [3.63, 3.8) is 0 Å². The van der Waals surface area contributed by atoms with Gasteiger partial charge in [-0.2, -0.15) is 0 Å². The van der Waals surface area contributed by atoms with Gasteiger partial charge in [-0.25, -0.2) is 0 Å². The number of anilines is 1. The lowest BCUT2D eigenvalue weighted by atomic mass is 9.92. The van der Waals surface area contributed by atoms with Crippen molar-refractivity contribution in [1.82, 2.24) is 20.3 Å². The average molecular weight is 390 g/mol. The van der Waals surface area contributed by atoms with Gasteiger partial charge in [-0.3, -0.25) is 9.48 Å². The molecule has 1 aliphatic rings. The van der Waals surface area contributed by atoms with Gasteiger partial charge in [0.15, 0.2) is 0 Å². The monoisotopic (exact) mass is 389 g/mol.